The maximum absolute atomic E-state index is 5.62. The van der Waals surface area contributed by atoms with E-state index in [9.17, 15) is 0 Å². The molecule has 4 nitrogen and oxygen atoms in total. The molecule has 0 N–H and O–H groups in total. The lowest BCUT2D eigenvalue weighted by Gasteiger charge is -2.16. The summed E-state index contributed by atoms with van der Waals surface area (Å²) in [7, 11) is 1.71. The molecule has 2 aromatic heterocycles. The van der Waals surface area contributed by atoms with Crippen molar-refractivity contribution in [3.8, 4) is 17.0 Å². The highest BCUT2D eigenvalue weighted by atomic mass is 16.5. The fourth-order valence-corrected chi connectivity index (χ4v) is 2.57. The van der Waals surface area contributed by atoms with Crippen molar-refractivity contribution in [2.24, 2.45) is 0 Å². The Kier molecular flexibility index (Phi) is 2.93. The van der Waals surface area contributed by atoms with E-state index in [-0.39, 0.29) is 0 Å². The third-order valence-corrected chi connectivity index (χ3v) is 3.70. The molecule has 4 heteroatoms. The number of rotatable bonds is 2. The van der Waals surface area contributed by atoms with Gasteiger partial charge >= 0.3 is 0 Å². The van der Waals surface area contributed by atoms with Crippen LogP contribution in [0.5, 0.6) is 5.75 Å². The molecule has 0 aliphatic heterocycles. The molecule has 3 rings (SSSR count). The first-order valence-corrected chi connectivity index (χ1v) is 6.57. The Bertz CT molecular complexity index is 790. The minimum atomic E-state index is 0.842. The van der Waals surface area contributed by atoms with Gasteiger partial charge in [0.2, 0.25) is 0 Å². The Hall–Kier alpha value is -2.36. The van der Waals surface area contributed by atoms with Crippen LogP contribution in [-0.4, -0.2) is 21.7 Å². The number of ether oxygens (including phenoxy) is 1. The van der Waals surface area contributed by atoms with Crippen molar-refractivity contribution in [3.05, 3.63) is 47.3 Å². The topological polar surface area (TPSA) is 39.4 Å². The molecule has 0 saturated heterocycles. The van der Waals surface area contributed by atoms with Crippen molar-refractivity contribution < 1.29 is 4.74 Å². The highest BCUT2D eigenvalue weighted by Crippen LogP contribution is 2.36. The average Bonchev–Trinajstić information content (AvgIpc) is 2.89. The zero-order chi connectivity index (χ0) is 14.3. The van der Waals surface area contributed by atoms with Gasteiger partial charge in [-0.1, -0.05) is 6.07 Å². The highest BCUT2D eigenvalue weighted by molar-refractivity contribution is 5.74. The highest BCUT2D eigenvalue weighted by Gasteiger charge is 2.15. The summed E-state index contributed by atoms with van der Waals surface area (Å²) in [5, 5.41) is 4.62. The lowest BCUT2D eigenvalue weighted by molar-refractivity contribution is 0.412. The van der Waals surface area contributed by atoms with Crippen LogP contribution in [0.25, 0.3) is 16.9 Å². The average molecular weight is 267 g/mol. The summed E-state index contributed by atoms with van der Waals surface area (Å²) in [5.41, 5.74) is 6.33. The number of hydrogen-bond donors (Lipinski definition) is 0. The van der Waals surface area contributed by atoms with Crippen LogP contribution in [0.2, 0.25) is 0 Å². The van der Waals surface area contributed by atoms with E-state index in [0.717, 1.165) is 33.8 Å². The van der Waals surface area contributed by atoms with Crippen molar-refractivity contribution >= 4 is 5.65 Å². The maximum Gasteiger partial charge on any atom is 0.153 e. The van der Waals surface area contributed by atoms with Crippen LogP contribution in [0.3, 0.4) is 0 Å². The molecule has 102 valence electrons. The van der Waals surface area contributed by atoms with Gasteiger partial charge in [-0.2, -0.15) is 5.10 Å². The Morgan fingerprint density at radius 2 is 1.90 bits per heavy atom. The standard InChI is InChI=1S/C16H17N3O/c1-10-9-11(2)15(16(20-4)12(10)3)13-5-6-14-17-7-8-19(14)18-13/h5-9H,1-4H3. The molecule has 3 aromatic rings. The molecule has 0 radical (unpaired) electrons. The Labute approximate surface area is 118 Å². The second-order valence-corrected chi connectivity index (χ2v) is 4.99. The summed E-state index contributed by atoms with van der Waals surface area (Å²) in [6.07, 6.45) is 3.60. The molecule has 0 bridgehead atoms. The van der Waals surface area contributed by atoms with Crippen LogP contribution in [-0.2, 0) is 0 Å². The van der Waals surface area contributed by atoms with Gasteiger partial charge in [-0.25, -0.2) is 9.50 Å². The molecule has 0 aliphatic rings. The van der Waals surface area contributed by atoms with Crippen molar-refractivity contribution in [2.75, 3.05) is 7.11 Å². The van der Waals surface area contributed by atoms with E-state index in [1.54, 1.807) is 17.8 Å². The van der Waals surface area contributed by atoms with Crippen LogP contribution in [0.4, 0.5) is 0 Å². The largest absolute Gasteiger partial charge is 0.496 e. The first-order chi connectivity index (χ1) is 9.61. The van der Waals surface area contributed by atoms with Crippen molar-refractivity contribution in [1.29, 1.82) is 0 Å². The van der Waals surface area contributed by atoms with E-state index >= 15 is 0 Å². The number of aryl methyl sites for hydroxylation is 2. The van der Waals surface area contributed by atoms with Gasteiger partial charge in [-0.15, -0.1) is 0 Å². The summed E-state index contributed by atoms with van der Waals surface area (Å²) >= 11 is 0. The van der Waals surface area contributed by atoms with Crippen LogP contribution >= 0.6 is 0 Å². The quantitative estimate of drug-likeness (QED) is 0.715. The fraction of sp³-hybridized carbons (Fsp3) is 0.250. The minimum Gasteiger partial charge on any atom is -0.496 e. The molecule has 0 unspecified atom stereocenters. The first kappa shape index (κ1) is 12.7. The minimum absolute atomic E-state index is 0.842. The van der Waals surface area contributed by atoms with E-state index in [0.29, 0.717) is 0 Å². The van der Waals surface area contributed by atoms with Crippen molar-refractivity contribution in [1.82, 2.24) is 14.6 Å². The molecule has 0 aliphatic carbocycles. The van der Waals surface area contributed by atoms with E-state index in [1.165, 1.54) is 5.56 Å². The third-order valence-electron chi connectivity index (χ3n) is 3.70. The molecule has 20 heavy (non-hydrogen) atoms. The van der Waals surface area contributed by atoms with Gasteiger partial charge in [-0.3, -0.25) is 0 Å². The third kappa shape index (κ3) is 1.84. The van der Waals surface area contributed by atoms with Gasteiger partial charge in [0, 0.05) is 18.0 Å². The maximum atomic E-state index is 5.62. The number of aromatic nitrogens is 3. The summed E-state index contributed by atoms with van der Waals surface area (Å²) < 4.78 is 7.40. The zero-order valence-electron chi connectivity index (χ0n) is 12.1. The summed E-state index contributed by atoms with van der Waals surface area (Å²) in [5.74, 6) is 0.898. The van der Waals surface area contributed by atoms with Gasteiger partial charge in [0.1, 0.15) is 5.75 Å². The number of hydrogen-bond acceptors (Lipinski definition) is 3. The molecule has 0 amide bonds. The van der Waals surface area contributed by atoms with Gasteiger partial charge in [0.05, 0.1) is 12.8 Å². The van der Waals surface area contributed by atoms with E-state index in [1.807, 2.05) is 18.3 Å². The first-order valence-electron chi connectivity index (χ1n) is 6.57. The molecule has 1 aromatic carbocycles. The van der Waals surface area contributed by atoms with Crippen molar-refractivity contribution in [2.45, 2.75) is 20.8 Å². The summed E-state index contributed by atoms with van der Waals surface area (Å²) in [6, 6.07) is 6.13. The molecule has 0 spiro atoms. The van der Waals surface area contributed by atoms with Crippen LogP contribution in [0.1, 0.15) is 16.7 Å². The van der Waals surface area contributed by atoms with Gasteiger partial charge in [-0.05, 0) is 49.6 Å². The lowest BCUT2D eigenvalue weighted by atomic mass is 9.97. The second-order valence-electron chi connectivity index (χ2n) is 4.99. The SMILES string of the molecule is COc1c(C)c(C)cc(C)c1-c1ccc2nccn2n1. The molecule has 0 atom stereocenters. The van der Waals surface area contributed by atoms with Crippen LogP contribution in [0.15, 0.2) is 30.6 Å². The smallest absolute Gasteiger partial charge is 0.153 e. The predicted octanol–water partition coefficient (Wildman–Crippen LogP) is 3.33. The predicted molar refractivity (Wildman–Crippen MR) is 79.2 cm³/mol. The number of benzene rings is 1. The fourth-order valence-electron chi connectivity index (χ4n) is 2.57. The molecule has 2 heterocycles. The lowest BCUT2D eigenvalue weighted by Crippen LogP contribution is -2.00. The Morgan fingerprint density at radius 3 is 2.65 bits per heavy atom. The zero-order valence-corrected chi connectivity index (χ0v) is 12.1. The van der Waals surface area contributed by atoms with E-state index in [2.05, 4.69) is 36.9 Å². The number of imidazole rings is 1. The second kappa shape index (κ2) is 4.63. The Morgan fingerprint density at radius 1 is 1.10 bits per heavy atom. The summed E-state index contributed by atoms with van der Waals surface area (Å²) in [6.45, 7) is 6.26. The van der Waals surface area contributed by atoms with E-state index in [4.69, 9.17) is 4.74 Å². The van der Waals surface area contributed by atoms with Gasteiger partial charge < -0.3 is 4.74 Å². The van der Waals surface area contributed by atoms with Crippen LogP contribution < -0.4 is 4.74 Å². The van der Waals surface area contributed by atoms with Gasteiger partial charge in [0.15, 0.2) is 5.65 Å². The summed E-state index contributed by atoms with van der Waals surface area (Å²) in [4.78, 5) is 4.22. The van der Waals surface area contributed by atoms with Crippen LogP contribution in [0, 0.1) is 20.8 Å². The monoisotopic (exact) mass is 267 g/mol. The number of nitrogens with zero attached hydrogens (tertiary/aromatic N) is 3. The molecular weight excluding hydrogens is 250 g/mol. The Balaban J connectivity index is 2.29. The molecule has 0 saturated carbocycles. The molecular formula is C16H17N3O. The molecule has 0 fully saturated rings. The van der Waals surface area contributed by atoms with Gasteiger partial charge in [0.25, 0.3) is 0 Å². The number of methoxy groups -OCH3 is 1. The number of fused-ring (bicyclic) bond motifs is 1. The van der Waals surface area contributed by atoms with E-state index < -0.39 is 0 Å². The van der Waals surface area contributed by atoms with Crippen molar-refractivity contribution in [3.63, 3.8) is 0 Å². The normalized spacial score (nSPS) is 11.0.